The van der Waals surface area contributed by atoms with E-state index in [4.69, 9.17) is 15.0 Å². The Morgan fingerprint density at radius 3 is 1.55 bits per heavy atom. The van der Waals surface area contributed by atoms with Crippen LogP contribution in [0.1, 0.15) is 25.0 Å². The fraction of sp³-hybridized carbons (Fsp3) is 0.0577. The van der Waals surface area contributed by atoms with Crippen LogP contribution >= 0.6 is 0 Å². The Hall–Kier alpha value is -6.97. The molecule has 0 bridgehead atoms. The van der Waals surface area contributed by atoms with Crippen LogP contribution < -0.4 is 0 Å². The van der Waals surface area contributed by atoms with Gasteiger partial charge in [0.2, 0.25) is 0 Å². The highest BCUT2D eigenvalue weighted by Gasteiger charge is 2.36. The van der Waals surface area contributed by atoms with Crippen LogP contribution in [-0.2, 0) is 5.41 Å². The van der Waals surface area contributed by atoms with Crippen molar-refractivity contribution in [3.8, 4) is 67.5 Å². The number of hydrogen-bond donors (Lipinski definition) is 0. The SMILES string of the molecule is CC1(C)c2ccc(-c3nc(-c4ccccc4)nc(-c4ccc(-c5ccccc5)cc4)n3)cc2-c2ccc(-c3ccc4ccc5cccc6ccc3c4c56)cc21. The summed E-state index contributed by atoms with van der Waals surface area (Å²) < 4.78 is 0. The molecule has 0 saturated heterocycles. The zero-order chi connectivity index (χ0) is 36.7. The molecule has 9 aromatic carbocycles. The minimum Gasteiger partial charge on any atom is -0.208 e. The third kappa shape index (κ3) is 5.01. The fourth-order valence-electron chi connectivity index (χ4n) is 8.84. The molecule has 0 radical (unpaired) electrons. The number of fused-ring (bicyclic) bond motifs is 3. The van der Waals surface area contributed by atoms with E-state index in [1.807, 2.05) is 24.3 Å². The van der Waals surface area contributed by atoms with Gasteiger partial charge in [-0.15, -0.1) is 0 Å². The predicted octanol–water partition coefficient (Wildman–Crippen LogP) is 13.4. The first-order chi connectivity index (χ1) is 27.0. The molecule has 11 rings (SSSR count). The first-order valence-electron chi connectivity index (χ1n) is 18.9. The Morgan fingerprint density at radius 2 is 0.836 bits per heavy atom. The van der Waals surface area contributed by atoms with Crippen molar-refractivity contribution in [2.45, 2.75) is 19.3 Å². The van der Waals surface area contributed by atoms with E-state index in [1.54, 1.807) is 0 Å². The summed E-state index contributed by atoms with van der Waals surface area (Å²) in [6.45, 7) is 4.69. The van der Waals surface area contributed by atoms with Crippen molar-refractivity contribution in [3.05, 3.63) is 187 Å². The standard InChI is InChI=1S/C52H35N3/c1-52(2)45-29-25-40(51-54-49(37-12-7-4-8-13-37)53-50(55-51)38-20-16-33(17-21-38)32-10-5-3-6-11-32)30-44(45)42-27-24-39(31-46(42)52)41-26-22-36-19-18-34-14-9-15-35-23-28-43(41)48(36)47(34)35/h3-31H,1-2H3. The molecule has 0 atom stereocenters. The number of benzene rings is 9. The van der Waals surface area contributed by atoms with Crippen LogP contribution in [-0.4, -0.2) is 15.0 Å². The van der Waals surface area contributed by atoms with Crippen LogP contribution in [0.4, 0.5) is 0 Å². The van der Waals surface area contributed by atoms with Crippen molar-refractivity contribution in [1.29, 1.82) is 0 Å². The highest BCUT2D eigenvalue weighted by molar-refractivity contribution is 6.25. The molecule has 1 aliphatic carbocycles. The van der Waals surface area contributed by atoms with Crippen molar-refractivity contribution in [2.24, 2.45) is 0 Å². The fourth-order valence-corrected chi connectivity index (χ4v) is 8.84. The molecule has 1 aromatic heterocycles. The molecule has 3 heteroatoms. The number of rotatable bonds is 5. The first kappa shape index (κ1) is 31.5. The zero-order valence-corrected chi connectivity index (χ0v) is 30.6. The van der Waals surface area contributed by atoms with Gasteiger partial charge in [-0.05, 0) is 89.0 Å². The molecule has 258 valence electrons. The average Bonchev–Trinajstić information content (AvgIpc) is 3.48. The van der Waals surface area contributed by atoms with Crippen molar-refractivity contribution in [3.63, 3.8) is 0 Å². The van der Waals surface area contributed by atoms with Gasteiger partial charge in [-0.1, -0.05) is 178 Å². The molecule has 0 N–H and O–H groups in total. The van der Waals surface area contributed by atoms with Crippen LogP contribution in [0.3, 0.4) is 0 Å². The van der Waals surface area contributed by atoms with Gasteiger partial charge < -0.3 is 0 Å². The molecule has 55 heavy (non-hydrogen) atoms. The Bertz CT molecular complexity index is 3080. The summed E-state index contributed by atoms with van der Waals surface area (Å²) in [5, 5.41) is 7.85. The monoisotopic (exact) mass is 701 g/mol. The summed E-state index contributed by atoms with van der Waals surface area (Å²) in [4.78, 5) is 15.2. The third-order valence-electron chi connectivity index (χ3n) is 11.7. The van der Waals surface area contributed by atoms with Crippen molar-refractivity contribution in [1.82, 2.24) is 15.0 Å². The Morgan fingerprint density at radius 1 is 0.327 bits per heavy atom. The number of aromatic nitrogens is 3. The molecule has 0 fully saturated rings. The Labute approximate surface area is 320 Å². The molecule has 0 amide bonds. The van der Waals surface area contributed by atoms with Gasteiger partial charge in [0.05, 0.1) is 0 Å². The molecule has 3 nitrogen and oxygen atoms in total. The largest absolute Gasteiger partial charge is 0.208 e. The summed E-state index contributed by atoms with van der Waals surface area (Å²) in [6, 6.07) is 63.2. The van der Waals surface area contributed by atoms with E-state index in [0.717, 1.165) is 22.3 Å². The molecule has 10 aromatic rings. The molecule has 1 heterocycles. The van der Waals surface area contributed by atoms with Gasteiger partial charge in [-0.3, -0.25) is 0 Å². The van der Waals surface area contributed by atoms with E-state index in [2.05, 4.69) is 166 Å². The second kappa shape index (κ2) is 12.0. The van der Waals surface area contributed by atoms with Crippen molar-refractivity contribution in [2.75, 3.05) is 0 Å². The summed E-state index contributed by atoms with van der Waals surface area (Å²) >= 11 is 0. The van der Waals surface area contributed by atoms with E-state index in [-0.39, 0.29) is 5.41 Å². The summed E-state index contributed by atoms with van der Waals surface area (Å²) in [6.07, 6.45) is 0. The number of hydrogen-bond acceptors (Lipinski definition) is 3. The molecule has 0 spiro atoms. The lowest BCUT2D eigenvalue weighted by Crippen LogP contribution is -2.15. The van der Waals surface area contributed by atoms with Gasteiger partial charge in [0, 0.05) is 22.1 Å². The van der Waals surface area contributed by atoms with Gasteiger partial charge >= 0.3 is 0 Å². The maximum atomic E-state index is 5.11. The highest BCUT2D eigenvalue weighted by Crippen LogP contribution is 2.51. The Balaban J connectivity index is 1.02. The van der Waals surface area contributed by atoms with Crippen LogP contribution in [0.15, 0.2) is 176 Å². The third-order valence-corrected chi connectivity index (χ3v) is 11.7. The zero-order valence-electron chi connectivity index (χ0n) is 30.6. The van der Waals surface area contributed by atoms with E-state index in [1.165, 1.54) is 71.3 Å². The minimum atomic E-state index is -0.178. The average molecular weight is 702 g/mol. The number of nitrogens with zero attached hydrogens (tertiary/aromatic N) is 3. The van der Waals surface area contributed by atoms with E-state index < -0.39 is 0 Å². The van der Waals surface area contributed by atoms with E-state index in [9.17, 15) is 0 Å². The van der Waals surface area contributed by atoms with Gasteiger partial charge in [-0.25, -0.2) is 15.0 Å². The summed E-state index contributed by atoms with van der Waals surface area (Å²) in [5.74, 6) is 1.98. The quantitative estimate of drug-likeness (QED) is 0.168. The van der Waals surface area contributed by atoms with Crippen LogP contribution in [0, 0.1) is 0 Å². The maximum Gasteiger partial charge on any atom is 0.164 e. The minimum absolute atomic E-state index is 0.178. The second-order valence-corrected chi connectivity index (χ2v) is 15.2. The van der Waals surface area contributed by atoms with Gasteiger partial charge in [0.1, 0.15) is 0 Å². The summed E-state index contributed by atoms with van der Waals surface area (Å²) in [7, 11) is 0. The molecular formula is C52H35N3. The van der Waals surface area contributed by atoms with Crippen LogP contribution in [0.5, 0.6) is 0 Å². The smallest absolute Gasteiger partial charge is 0.164 e. The topological polar surface area (TPSA) is 38.7 Å². The molecular weight excluding hydrogens is 667 g/mol. The first-order valence-corrected chi connectivity index (χ1v) is 18.9. The van der Waals surface area contributed by atoms with E-state index >= 15 is 0 Å². The Kier molecular flexibility index (Phi) is 6.90. The highest BCUT2D eigenvalue weighted by atomic mass is 15.0. The molecule has 1 aliphatic rings. The van der Waals surface area contributed by atoms with Crippen molar-refractivity contribution < 1.29 is 0 Å². The maximum absolute atomic E-state index is 5.11. The van der Waals surface area contributed by atoms with Gasteiger partial charge in [0.25, 0.3) is 0 Å². The van der Waals surface area contributed by atoms with Crippen LogP contribution in [0.2, 0.25) is 0 Å². The van der Waals surface area contributed by atoms with E-state index in [0.29, 0.717) is 17.5 Å². The van der Waals surface area contributed by atoms with Crippen LogP contribution in [0.25, 0.3) is 99.9 Å². The lowest BCUT2D eigenvalue weighted by molar-refractivity contribution is 0.660. The normalized spacial score (nSPS) is 13.1. The molecule has 0 aliphatic heterocycles. The van der Waals surface area contributed by atoms with Gasteiger partial charge in [0.15, 0.2) is 17.5 Å². The lowest BCUT2D eigenvalue weighted by atomic mass is 9.81. The molecule has 0 unspecified atom stereocenters. The summed E-state index contributed by atoms with van der Waals surface area (Å²) in [5.41, 5.74) is 12.7. The lowest BCUT2D eigenvalue weighted by Gasteiger charge is -2.22. The van der Waals surface area contributed by atoms with Gasteiger partial charge in [-0.2, -0.15) is 0 Å². The predicted molar refractivity (Wildman–Crippen MR) is 228 cm³/mol. The molecule has 0 saturated carbocycles. The van der Waals surface area contributed by atoms with Crippen molar-refractivity contribution >= 4 is 32.3 Å². The second-order valence-electron chi connectivity index (χ2n) is 15.2.